The molecule has 158 valence electrons. The molecule has 1 aliphatic rings. The van der Waals surface area contributed by atoms with Gasteiger partial charge in [0.25, 0.3) is 15.9 Å². The van der Waals surface area contributed by atoms with E-state index in [4.69, 9.17) is 11.2 Å². The number of aromatic nitrogens is 2. The van der Waals surface area contributed by atoms with Gasteiger partial charge in [0.1, 0.15) is 5.82 Å². The van der Waals surface area contributed by atoms with Crippen LogP contribution in [0.1, 0.15) is 37.6 Å². The molecule has 0 spiro atoms. The average molecular weight is 429 g/mol. The summed E-state index contributed by atoms with van der Waals surface area (Å²) in [4.78, 5) is 23.3. The number of nitrogens with zero attached hydrogens (tertiary/aromatic N) is 3. The lowest BCUT2D eigenvalue weighted by atomic mass is 9.90. The van der Waals surface area contributed by atoms with Gasteiger partial charge in [-0.1, -0.05) is 18.9 Å². The minimum atomic E-state index is -4.22. The van der Waals surface area contributed by atoms with Crippen molar-refractivity contribution in [1.29, 1.82) is 0 Å². The Labute approximate surface area is 176 Å². The van der Waals surface area contributed by atoms with Crippen LogP contribution in [-0.4, -0.2) is 43.0 Å². The second-order valence-corrected chi connectivity index (χ2v) is 9.24. The molecule has 0 saturated carbocycles. The van der Waals surface area contributed by atoms with Crippen LogP contribution >= 0.6 is 0 Å². The lowest BCUT2D eigenvalue weighted by Crippen LogP contribution is -2.43. The Hall–Kier alpha value is -3.12. The summed E-state index contributed by atoms with van der Waals surface area (Å²) in [6, 6.07) is 7.37. The highest BCUT2D eigenvalue weighted by Crippen LogP contribution is 2.38. The quantitative estimate of drug-likeness (QED) is 0.704. The first kappa shape index (κ1) is 21.6. The van der Waals surface area contributed by atoms with Crippen molar-refractivity contribution in [2.45, 2.75) is 37.8 Å². The fourth-order valence-electron chi connectivity index (χ4n) is 3.37. The van der Waals surface area contributed by atoms with Crippen LogP contribution in [0.25, 0.3) is 0 Å². The van der Waals surface area contributed by atoms with Crippen molar-refractivity contribution in [2.24, 2.45) is 5.92 Å². The first-order valence-corrected chi connectivity index (χ1v) is 11.0. The van der Waals surface area contributed by atoms with E-state index in [-0.39, 0.29) is 28.6 Å². The summed E-state index contributed by atoms with van der Waals surface area (Å²) >= 11 is 0. The van der Waals surface area contributed by atoms with Gasteiger partial charge >= 0.3 is 0 Å². The number of nitrogens with one attached hydrogen (secondary N) is 1. The van der Waals surface area contributed by atoms with Crippen molar-refractivity contribution < 1.29 is 17.9 Å². The molecule has 1 aliphatic heterocycles. The number of ether oxygens (including phenoxy) is 1. The molecule has 2 aromatic rings. The van der Waals surface area contributed by atoms with Gasteiger partial charge in [0, 0.05) is 24.3 Å². The van der Waals surface area contributed by atoms with Crippen LogP contribution in [0.2, 0.25) is 0 Å². The highest BCUT2D eigenvalue weighted by molar-refractivity contribution is 7.90. The first-order chi connectivity index (χ1) is 14.2. The molecule has 1 fully saturated rings. The molecule has 0 bridgehead atoms. The van der Waals surface area contributed by atoms with E-state index in [0.29, 0.717) is 11.7 Å². The number of rotatable bonds is 6. The molecule has 1 atom stereocenters. The van der Waals surface area contributed by atoms with E-state index in [2.05, 4.69) is 41.4 Å². The predicted octanol–water partition coefficient (Wildman–Crippen LogP) is 2.23. The van der Waals surface area contributed by atoms with Crippen molar-refractivity contribution in [1.82, 2.24) is 14.7 Å². The van der Waals surface area contributed by atoms with Crippen LogP contribution in [0.5, 0.6) is 5.88 Å². The Morgan fingerprint density at radius 3 is 2.80 bits per heavy atom. The molecule has 30 heavy (non-hydrogen) atoms. The number of carbonyl (C=O) groups excluding carboxylic acids is 1. The standard InChI is InChI=1S/C21H24N4O4S/c1-5-14-29-17-9-6-10-18(23-17)30(27,28)24-20(26)16-8-7-12-22-19(16)25-13-11-15(2)21(25,3)4/h1,6-10,12,15H,11,13-14H2,2-4H3,(H,24,26). The maximum atomic E-state index is 12.9. The van der Waals surface area contributed by atoms with Crippen molar-refractivity contribution in [3.8, 4) is 18.2 Å². The van der Waals surface area contributed by atoms with E-state index in [1.165, 1.54) is 18.2 Å². The van der Waals surface area contributed by atoms with Crippen molar-refractivity contribution in [2.75, 3.05) is 18.1 Å². The van der Waals surface area contributed by atoms with Gasteiger partial charge in [-0.15, -0.1) is 6.42 Å². The number of amides is 1. The number of carbonyl (C=O) groups is 1. The third-order valence-electron chi connectivity index (χ3n) is 5.48. The monoisotopic (exact) mass is 428 g/mol. The van der Waals surface area contributed by atoms with E-state index in [1.54, 1.807) is 18.3 Å². The van der Waals surface area contributed by atoms with Crippen LogP contribution < -0.4 is 14.4 Å². The Balaban J connectivity index is 1.88. The van der Waals surface area contributed by atoms with Gasteiger partial charge in [0.2, 0.25) is 5.88 Å². The van der Waals surface area contributed by atoms with Gasteiger partial charge in [-0.2, -0.15) is 13.4 Å². The molecular formula is C21H24N4O4S. The molecule has 9 heteroatoms. The zero-order chi connectivity index (χ0) is 21.9. The zero-order valence-electron chi connectivity index (χ0n) is 17.1. The van der Waals surface area contributed by atoms with Gasteiger partial charge in [0.15, 0.2) is 11.6 Å². The molecule has 0 aromatic carbocycles. The fourth-order valence-corrected chi connectivity index (χ4v) is 4.30. The second-order valence-electron chi connectivity index (χ2n) is 7.61. The summed E-state index contributed by atoms with van der Waals surface area (Å²) in [6.45, 7) is 7.00. The third kappa shape index (κ3) is 4.24. The molecule has 1 N–H and O–H groups in total. The Kier molecular flexibility index (Phi) is 5.99. The molecule has 3 rings (SSSR count). The first-order valence-electron chi connectivity index (χ1n) is 9.50. The number of pyridine rings is 2. The van der Waals surface area contributed by atoms with Crippen LogP contribution in [0.3, 0.4) is 0 Å². The molecule has 1 saturated heterocycles. The van der Waals surface area contributed by atoms with Crippen LogP contribution in [0.4, 0.5) is 5.82 Å². The number of sulfonamides is 1. The van der Waals surface area contributed by atoms with E-state index in [0.717, 1.165) is 13.0 Å². The second kappa shape index (κ2) is 8.32. The maximum Gasteiger partial charge on any atom is 0.281 e. The van der Waals surface area contributed by atoms with Gasteiger partial charge in [0.05, 0.1) is 5.56 Å². The van der Waals surface area contributed by atoms with Crippen molar-refractivity contribution in [3.05, 3.63) is 42.1 Å². The molecule has 0 aliphatic carbocycles. The summed E-state index contributed by atoms with van der Waals surface area (Å²) in [5.41, 5.74) is -0.0324. The zero-order valence-corrected chi connectivity index (χ0v) is 17.9. The fraction of sp³-hybridized carbons (Fsp3) is 0.381. The lowest BCUT2D eigenvalue weighted by Gasteiger charge is -2.36. The summed E-state index contributed by atoms with van der Waals surface area (Å²) in [5.74, 6) is 2.41. The number of terminal acetylenes is 1. The van der Waals surface area contributed by atoms with Crippen LogP contribution in [0.15, 0.2) is 41.6 Å². The number of hydrogen-bond donors (Lipinski definition) is 1. The minimum absolute atomic E-state index is 0.0497. The molecule has 0 radical (unpaired) electrons. The minimum Gasteiger partial charge on any atom is -0.464 e. The molecule has 1 amide bonds. The normalized spacial score (nSPS) is 17.9. The smallest absolute Gasteiger partial charge is 0.281 e. The van der Waals surface area contributed by atoms with Gasteiger partial charge in [-0.3, -0.25) is 4.79 Å². The van der Waals surface area contributed by atoms with E-state index < -0.39 is 15.9 Å². The van der Waals surface area contributed by atoms with E-state index in [1.807, 2.05) is 4.90 Å². The molecule has 2 aromatic heterocycles. The molecule has 3 heterocycles. The predicted molar refractivity (Wildman–Crippen MR) is 113 cm³/mol. The summed E-state index contributed by atoms with van der Waals surface area (Å²) in [7, 11) is -4.22. The highest BCUT2D eigenvalue weighted by Gasteiger charge is 2.40. The van der Waals surface area contributed by atoms with Crippen LogP contribution in [0, 0.1) is 18.3 Å². The van der Waals surface area contributed by atoms with Gasteiger partial charge in [-0.25, -0.2) is 9.71 Å². The maximum absolute atomic E-state index is 12.9. The SMILES string of the molecule is C#CCOc1cccc(S(=O)(=O)NC(=O)c2cccnc2N2CCC(C)C2(C)C)n1. The summed E-state index contributed by atoms with van der Waals surface area (Å²) < 4.78 is 32.7. The lowest BCUT2D eigenvalue weighted by molar-refractivity contribution is 0.0981. The van der Waals surface area contributed by atoms with E-state index in [9.17, 15) is 13.2 Å². The van der Waals surface area contributed by atoms with E-state index >= 15 is 0 Å². The van der Waals surface area contributed by atoms with Crippen molar-refractivity contribution >= 4 is 21.7 Å². The van der Waals surface area contributed by atoms with Crippen molar-refractivity contribution in [3.63, 3.8) is 0 Å². The Bertz CT molecular complexity index is 1090. The topological polar surface area (TPSA) is 101 Å². The molecule has 8 nitrogen and oxygen atoms in total. The molecule has 1 unspecified atom stereocenters. The Morgan fingerprint density at radius 2 is 2.13 bits per heavy atom. The Morgan fingerprint density at radius 1 is 1.37 bits per heavy atom. The molecular weight excluding hydrogens is 404 g/mol. The number of hydrogen-bond acceptors (Lipinski definition) is 7. The van der Waals surface area contributed by atoms with Gasteiger partial charge < -0.3 is 9.64 Å². The van der Waals surface area contributed by atoms with Gasteiger partial charge in [-0.05, 0) is 44.4 Å². The largest absolute Gasteiger partial charge is 0.464 e. The average Bonchev–Trinajstić information content (AvgIpc) is 2.98. The third-order valence-corrected chi connectivity index (χ3v) is 6.71. The summed E-state index contributed by atoms with van der Waals surface area (Å²) in [6.07, 6.45) is 7.68. The highest BCUT2D eigenvalue weighted by atomic mass is 32.2. The van der Waals surface area contributed by atoms with Crippen LogP contribution in [-0.2, 0) is 10.0 Å². The summed E-state index contributed by atoms with van der Waals surface area (Å²) in [5, 5.41) is -0.342. The number of anilines is 1.